The van der Waals surface area contributed by atoms with Gasteiger partial charge in [0.1, 0.15) is 0 Å². The molecule has 3 aromatic heterocycles. The van der Waals surface area contributed by atoms with E-state index in [1.807, 2.05) is 30.3 Å². The molecule has 0 aliphatic carbocycles. The Bertz CT molecular complexity index is 809. The number of nitrogens with zero attached hydrogens (tertiary/aromatic N) is 6. The van der Waals surface area contributed by atoms with Crippen LogP contribution in [0.5, 0.6) is 0 Å². The zero-order valence-electron chi connectivity index (χ0n) is 11.0. The van der Waals surface area contributed by atoms with Crippen molar-refractivity contribution in [2.75, 3.05) is 0 Å². The molecule has 0 fully saturated rings. The Morgan fingerprint density at radius 1 is 0.810 bits per heavy atom. The molecule has 0 spiro atoms. The Kier molecular flexibility index (Phi) is 3.54. The highest BCUT2D eigenvalue weighted by molar-refractivity contribution is 5.82. The zero-order valence-corrected chi connectivity index (χ0v) is 11.0. The van der Waals surface area contributed by atoms with Crippen LogP contribution < -0.4 is 0 Å². The number of pyridine rings is 3. The first kappa shape index (κ1) is 12.8. The predicted molar refractivity (Wildman–Crippen MR) is 79.5 cm³/mol. The van der Waals surface area contributed by atoms with Gasteiger partial charge in [-0.2, -0.15) is 0 Å². The Balaban J connectivity index is 2.23. The normalized spacial score (nSPS) is 9.90. The molecule has 21 heavy (non-hydrogen) atoms. The van der Waals surface area contributed by atoms with Crippen LogP contribution >= 0.6 is 0 Å². The first-order valence-corrected chi connectivity index (χ1v) is 6.27. The number of aromatic nitrogens is 3. The molecule has 100 valence electrons. The van der Waals surface area contributed by atoms with E-state index >= 15 is 0 Å². The summed E-state index contributed by atoms with van der Waals surface area (Å²) < 4.78 is 0. The van der Waals surface area contributed by atoms with Gasteiger partial charge in [-0.3, -0.25) is 15.0 Å². The third-order valence-corrected chi connectivity index (χ3v) is 2.91. The minimum Gasteiger partial charge on any atom is -0.256 e. The van der Waals surface area contributed by atoms with E-state index in [1.165, 1.54) is 0 Å². The zero-order chi connectivity index (χ0) is 14.5. The predicted octanol–water partition coefficient (Wildman–Crippen LogP) is 4.15. The molecule has 0 radical (unpaired) electrons. The molecular weight excluding hydrogens is 264 g/mol. The quantitative estimate of drug-likeness (QED) is 0.408. The Morgan fingerprint density at radius 2 is 1.57 bits per heavy atom. The highest BCUT2D eigenvalue weighted by Gasteiger charge is 2.13. The topological polar surface area (TPSA) is 87.4 Å². The lowest BCUT2D eigenvalue weighted by Crippen LogP contribution is -1.93. The second-order valence-electron chi connectivity index (χ2n) is 4.18. The van der Waals surface area contributed by atoms with Crippen molar-refractivity contribution < 1.29 is 0 Å². The number of rotatable bonds is 3. The third kappa shape index (κ3) is 2.56. The summed E-state index contributed by atoms with van der Waals surface area (Å²) in [6.07, 6.45) is 5.04. The van der Waals surface area contributed by atoms with Crippen molar-refractivity contribution in [3.05, 3.63) is 71.5 Å². The van der Waals surface area contributed by atoms with Gasteiger partial charge in [-0.25, -0.2) is 0 Å². The number of azide groups is 1. The van der Waals surface area contributed by atoms with Crippen LogP contribution in [0.25, 0.3) is 33.1 Å². The van der Waals surface area contributed by atoms with E-state index in [4.69, 9.17) is 5.53 Å². The summed E-state index contributed by atoms with van der Waals surface area (Å²) in [6.45, 7) is 0. The maximum absolute atomic E-state index is 8.68. The second-order valence-corrected chi connectivity index (χ2v) is 4.18. The van der Waals surface area contributed by atoms with Crippen LogP contribution in [0.2, 0.25) is 0 Å². The molecule has 0 aromatic carbocycles. The monoisotopic (exact) mass is 274 g/mol. The Morgan fingerprint density at radius 3 is 2.33 bits per heavy atom. The fourth-order valence-electron chi connectivity index (χ4n) is 2.03. The summed E-state index contributed by atoms with van der Waals surface area (Å²) >= 11 is 0. The summed E-state index contributed by atoms with van der Waals surface area (Å²) in [7, 11) is 0. The average Bonchev–Trinajstić information content (AvgIpc) is 2.57. The maximum Gasteiger partial charge on any atom is 0.0988 e. The molecule has 0 bridgehead atoms. The van der Waals surface area contributed by atoms with E-state index in [0.717, 1.165) is 11.3 Å². The Hall–Kier alpha value is -3.24. The summed E-state index contributed by atoms with van der Waals surface area (Å²) in [4.78, 5) is 15.9. The SMILES string of the molecule is [N-]=[N+]=Nc1cccnc1-c1ncccc1-c1ccccn1. The van der Waals surface area contributed by atoms with Gasteiger partial charge in [0.15, 0.2) is 0 Å². The van der Waals surface area contributed by atoms with Crippen molar-refractivity contribution >= 4 is 5.69 Å². The summed E-state index contributed by atoms with van der Waals surface area (Å²) in [5.74, 6) is 0. The smallest absolute Gasteiger partial charge is 0.0988 e. The maximum atomic E-state index is 8.68. The van der Waals surface area contributed by atoms with Gasteiger partial charge >= 0.3 is 0 Å². The molecule has 3 rings (SSSR count). The van der Waals surface area contributed by atoms with Gasteiger partial charge in [0, 0.05) is 29.1 Å². The van der Waals surface area contributed by atoms with Crippen LogP contribution in [0.1, 0.15) is 0 Å². The molecule has 0 saturated heterocycles. The van der Waals surface area contributed by atoms with Crippen molar-refractivity contribution in [1.29, 1.82) is 0 Å². The summed E-state index contributed by atoms with van der Waals surface area (Å²) in [5, 5.41) is 3.68. The minimum absolute atomic E-state index is 0.441. The molecular formula is C15H10N6. The summed E-state index contributed by atoms with van der Waals surface area (Å²) in [5.41, 5.74) is 11.9. The van der Waals surface area contributed by atoms with Crippen LogP contribution in [0.4, 0.5) is 5.69 Å². The lowest BCUT2D eigenvalue weighted by atomic mass is 10.1. The fourth-order valence-corrected chi connectivity index (χ4v) is 2.03. The molecule has 6 heteroatoms. The van der Waals surface area contributed by atoms with Crippen molar-refractivity contribution in [2.24, 2.45) is 5.11 Å². The van der Waals surface area contributed by atoms with Gasteiger partial charge in [0.2, 0.25) is 0 Å². The van der Waals surface area contributed by atoms with Crippen LogP contribution in [0, 0.1) is 0 Å². The Labute approximate surface area is 120 Å². The largest absolute Gasteiger partial charge is 0.256 e. The molecule has 0 aliphatic heterocycles. The van der Waals surface area contributed by atoms with Gasteiger partial charge in [-0.1, -0.05) is 11.2 Å². The second kappa shape index (κ2) is 5.81. The van der Waals surface area contributed by atoms with Crippen molar-refractivity contribution in [2.45, 2.75) is 0 Å². The van der Waals surface area contributed by atoms with Crippen LogP contribution in [0.3, 0.4) is 0 Å². The molecule has 3 aromatic rings. The van der Waals surface area contributed by atoms with Gasteiger partial charge in [0.05, 0.1) is 22.8 Å². The number of hydrogen-bond acceptors (Lipinski definition) is 4. The van der Waals surface area contributed by atoms with Gasteiger partial charge in [-0.05, 0) is 41.9 Å². The first-order chi connectivity index (χ1) is 10.4. The van der Waals surface area contributed by atoms with Crippen molar-refractivity contribution in [1.82, 2.24) is 15.0 Å². The molecule has 0 unspecified atom stereocenters. The van der Waals surface area contributed by atoms with Gasteiger partial charge in [-0.15, -0.1) is 0 Å². The van der Waals surface area contributed by atoms with E-state index in [9.17, 15) is 0 Å². The van der Waals surface area contributed by atoms with Crippen LogP contribution in [0.15, 0.2) is 66.2 Å². The van der Waals surface area contributed by atoms with E-state index in [1.54, 1.807) is 30.7 Å². The van der Waals surface area contributed by atoms with Crippen molar-refractivity contribution in [3.8, 4) is 22.6 Å². The molecule has 0 N–H and O–H groups in total. The van der Waals surface area contributed by atoms with E-state index in [0.29, 0.717) is 17.1 Å². The van der Waals surface area contributed by atoms with E-state index < -0.39 is 0 Å². The highest BCUT2D eigenvalue weighted by Crippen LogP contribution is 2.33. The lowest BCUT2D eigenvalue weighted by Gasteiger charge is -2.08. The van der Waals surface area contributed by atoms with E-state index in [2.05, 4.69) is 25.0 Å². The lowest BCUT2D eigenvalue weighted by molar-refractivity contribution is 1.22. The molecule has 0 atom stereocenters. The highest BCUT2D eigenvalue weighted by atomic mass is 15.1. The van der Waals surface area contributed by atoms with Crippen LogP contribution in [-0.2, 0) is 0 Å². The standard InChI is InChI=1S/C15H10N6/c16-21-20-13-7-4-10-19-15(13)14-11(5-3-9-18-14)12-6-1-2-8-17-12/h1-10H. The average molecular weight is 274 g/mol. The third-order valence-electron chi connectivity index (χ3n) is 2.91. The van der Waals surface area contributed by atoms with Crippen LogP contribution in [-0.4, -0.2) is 15.0 Å². The first-order valence-electron chi connectivity index (χ1n) is 6.27. The van der Waals surface area contributed by atoms with E-state index in [-0.39, 0.29) is 0 Å². The number of hydrogen-bond donors (Lipinski definition) is 0. The molecule has 0 saturated carbocycles. The summed E-state index contributed by atoms with van der Waals surface area (Å²) in [6, 6.07) is 12.8. The van der Waals surface area contributed by atoms with Gasteiger partial charge in [0.25, 0.3) is 0 Å². The molecule has 0 aliphatic rings. The molecule has 0 amide bonds. The molecule has 6 nitrogen and oxygen atoms in total. The molecule has 3 heterocycles. The minimum atomic E-state index is 0.441. The fraction of sp³-hybridized carbons (Fsp3) is 0. The van der Waals surface area contributed by atoms with Crippen molar-refractivity contribution in [3.63, 3.8) is 0 Å². The van der Waals surface area contributed by atoms with Gasteiger partial charge < -0.3 is 0 Å².